The number of amides is 1. The van der Waals surface area contributed by atoms with Crippen molar-refractivity contribution < 1.29 is 23.8 Å². The van der Waals surface area contributed by atoms with E-state index >= 15 is 0 Å². The highest BCUT2D eigenvalue weighted by Gasteiger charge is 2.42. The molecule has 5 aromatic rings. The van der Waals surface area contributed by atoms with Crippen LogP contribution in [0.3, 0.4) is 0 Å². The van der Waals surface area contributed by atoms with Gasteiger partial charge in [0, 0.05) is 23.1 Å². The number of aromatic nitrogens is 1. The molecule has 1 fully saturated rings. The summed E-state index contributed by atoms with van der Waals surface area (Å²) in [5, 5.41) is 16.5. The number of benzene rings is 3. The minimum absolute atomic E-state index is 0.0952. The molecule has 0 bridgehead atoms. The first-order valence-corrected chi connectivity index (χ1v) is 14.4. The largest absolute Gasteiger partial charge is 0.484 e. The van der Waals surface area contributed by atoms with Gasteiger partial charge in [0.05, 0.1) is 22.3 Å². The number of carboxylic acids is 1. The smallest absolute Gasteiger partial charge is 0.335 e. The summed E-state index contributed by atoms with van der Waals surface area (Å²) in [5.74, 6) is 0.239. The Labute approximate surface area is 263 Å². The van der Waals surface area contributed by atoms with Crippen LogP contribution in [0.15, 0.2) is 114 Å². The lowest BCUT2D eigenvalue weighted by Gasteiger charge is -2.26. The predicted molar refractivity (Wildman–Crippen MR) is 171 cm³/mol. The van der Waals surface area contributed by atoms with Crippen molar-refractivity contribution in [3.63, 3.8) is 0 Å². The molecule has 2 aromatic heterocycles. The van der Waals surface area contributed by atoms with Gasteiger partial charge in [0.1, 0.15) is 23.3 Å². The van der Waals surface area contributed by atoms with Gasteiger partial charge in [-0.2, -0.15) is 0 Å². The van der Waals surface area contributed by atoms with E-state index in [0.29, 0.717) is 38.7 Å². The van der Waals surface area contributed by atoms with Crippen LogP contribution in [-0.2, 0) is 4.79 Å². The maximum atomic E-state index is 12.5. The van der Waals surface area contributed by atoms with Crippen LogP contribution in [0.25, 0.3) is 11.3 Å². The van der Waals surface area contributed by atoms with Crippen LogP contribution in [0.5, 0.6) is 5.75 Å². The van der Waals surface area contributed by atoms with E-state index in [1.807, 2.05) is 59.5 Å². The van der Waals surface area contributed by atoms with E-state index in [1.165, 1.54) is 18.2 Å². The maximum absolute atomic E-state index is 12.5. The summed E-state index contributed by atoms with van der Waals surface area (Å²) in [6.07, 6.45) is 1.71. The molecule has 0 radical (unpaired) electrons. The first kappa shape index (κ1) is 28.9. The van der Waals surface area contributed by atoms with Crippen LogP contribution < -0.4 is 20.3 Å². The van der Waals surface area contributed by atoms with Crippen molar-refractivity contribution in [2.45, 2.75) is 12.1 Å². The molecule has 44 heavy (non-hydrogen) atoms. The third kappa shape index (κ3) is 6.12. The van der Waals surface area contributed by atoms with Gasteiger partial charge in [-0.25, -0.2) is 4.79 Å². The molecule has 3 N–H and O–H groups in total. The number of aromatic carboxylic acids is 1. The molecular weight excluding hydrogens is 600 g/mol. The number of thiocarbonyl (C=S) groups is 1. The van der Waals surface area contributed by atoms with Gasteiger partial charge < -0.3 is 29.8 Å². The van der Waals surface area contributed by atoms with E-state index in [-0.39, 0.29) is 24.1 Å². The number of carbonyl (C=O) groups excluding carboxylic acids is 1. The molecule has 0 saturated carbocycles. The summed E-state index contributed by atoms with van der Waals surface area (Å²) in [4.78, 5) is 30.5. The number of hydrogen-bond acceptors (Lipinski definition) is 6. The van der Waals surface area contributed by atoms with Crippen molar-refractivity contribution in [2.24, 2.45) is 0 Å². The van der Waals surface area contributed by atoms with Crippen molar-refractivity contribution in [2.75, 3.05) is 16.8 Å². The van der Waals surface area contributed by atoms with Gasteiger partial charge in [0.15, 0.2) is 11.7 Å². The first-order chi connectivity index (χ1) is 21.4. The molecule has 0 unspecified atom stereocenters. The second kappa shape index (κ2) is 12.6. The average molecular weight is 625 g/mol. The lowest BCUT2D eigenvalue weighted by Crippen LogP contribution is -2.29. The van der Waals surface area contributed by atoms with E-state index in [9.17, 15) is 14.7 Å². The highest BCUT2D eigenvalue weighted by atomic mass is 35.5. The number of carboxylic acid groups (broad SMARTS) is 1. The zero-order valence-electron chi connectivity index (χ0n) is 23.0. The van der Waals surface area contributed by atoms with Crippen molar-refractivity contribution in [1.29, 1.82) is 0 Å². The molecule has 1 saturated heterocycles. The Kier molecular flexibility index (Phi) is 8.27. The monoisotopic (exact) mass is 624 g/mol. The maximum Gasteiger partial charge on any atom is 0.335 e. The third-order valence-corrected chi connectivity index (χ3v) is 7.68. The Morgan fingerprint density at radius 3 is 2.50 bits per heavy atom. The molecule has 11 heteroatoms. The highest BCUT2D eigenvalue weighted by molar-refractivity contribution is 7.80. The number of rotatable bonds is 9. The minimum Gasteiger partial charge on any atom is -0.484 e. The van der Waals surface area contributed by atoms with Gasteiger partial charge in [-0.05, 0) is 91.1 Å². The third-order valence-electron chi connectivity index (χ3n) is 7.04. The Morgan fingerprint density at radius 1 is 1.00 bits per heavy atom. The SMILES string of the molecule is O=C(COc1ccccc1)Nc1ccc(N2C(=S)N[C@H](c3ccccn3)[C@H]2c2ccc(-c3cc(C(=O)O)ccc3Cl)o2)cc1. The molecular formula is C33H25ClN4O5S. The van der Waals surface area contributed by atoms with Gasteiger partial charge in [-0.1, -0.05) is 35.9 Å². The summed E-state index contributed by atoms with van der Waals surface area (Å²) >= 11 is 12.2. The Bertz CT molecular complexity index is 1820. The number of anilines is 2. The van der Waals surface area contributed by atoms with Crippen LogP contribution in [-0.4, -0.2) is 33.7 Å². The molecule has 0 aliphatic carbocycles. The van der Waals surface area contributed by atoms with Crippen LogP contribution in [0, 0.1) is 0 Å². The van der Waals surface area contributed by atoms with E-state index < -0.39 is 12.0 Å². The fourth-order valence-corrected chi connectivity index (χ4v) is 5.55. The molecule has 3 heterocycles. The van der Waals surface area contributed by atoms with Crippen molar-refractivity contribution in [1.82, 2.24) is 10.3 Å². The second-order valence-electron chi connectivity index (χ2n) is 9.90. The van der Waals surface area contributed by atoms with E-state index in [0.717, 1.165) is 11.4 Å². The topological polar surface area (TPSA) is 117 Å². The van der Waals surface area contributed by atoms with Crippen molar-refractivity contribution in [3.05, 3.63) is 131 Å². The molecule has 1 aliphatic heterocycles. The number of para-hydroxylation sites is 1. The van der Waals surface area contributed by atoms with Crippen LogP contribution >= 0.6 is 23.8 Å². The minimum atomic E-state index is -1.07. The molecule has 2 atom stereocenters. The number of ether oxygens (including phenoxy) is 1. The predicted octanol–water partition coefficient (Wildman–Crippen LogP) is 6.89. The molecule has 1 aliphatic rings. The first-order valence-electron chi connectivity index (χ1n) is 13.6. The second-order valence-corrected chi connectivity index (χ2v) is 10.7. The Hall–Kier alpha value is -5.19. The van der Waals surface area contributed by atoms with Crippen molar-refractivity contribution >= 4 is 52.2 Å². The van der Waals surface area contributed by atoms with Gasteiger partial charge in [0.25, 0.3) is 5.91 Å². The quantitative estimate of drug-likeness (QED) is 0.151. The van der Waals surface area contributed by atoms with E-state index in [1.54, 1.807) is 36.5 Å². The molecule has 1 amide bonds. The number of nitrogens with one attached hydrogen (secondary N) is 2. The Morgan fingerprint density at radius 2 is 1.77 bits per heavy atom. The Balaban J connectivity index is 1.28. The fraction of sp³-hybridized carbons (Fsp3) is 0.0909. The van der Waals surface area contributed by atoms with Crippen LogP contribution in [0.4, 0.5) is 11.4 Å². The van der Waals surface area contributed by atoms with Crippen LogP contribution in [0.1, 0.15) is 33.9 Å². The molecule has 0 spiro atoms. The zero-order chi connectivity index (χ0) is 30.6. The van der Waals surface area contributed by atoms with E-state index in [2.05, 4.69) is 15.6 Å². The zero-order valence-corrected chi connectivity index (χ0v) is 24.6. The lowest BCUT2D eigenvalue weighted by molar-refractivity contribution is -0.118. The molecule has 3 aromatic carbocycles. The van der Waals surface area contributed by atoms with E-state index in [4.69, 9.17) is 33.0 Å². The summed E-state index contributed by atoms with van der Waals surface area (Å²) in [6.45, 7) is -0.125. The summed E-state index contributed by atoms with van der Waals surface area (Å²) in [6, 6.07) is 29.3. The number of nitrogens with zero attached hydrogens (tertiary/aromatic N) is 2. The summed E-state index contributed by atoms with van der Waals surface area (Å²) in [5.41, 5.74) is 2.67. The number of carbonyl (C=O) groups is 2. The highest BCUT2D eigenvalue weighted by Crippen LogP contribution is 2.43. The standard InChI is InChI=1S/C33H25ClN4O5S/c34-25-14-9-20(32(40)41)18-24(25)27-15-16-28(43-27)31-30(26-8-4-5-17-35-26)37-33(44)38(31)22-12-10-21(11-13-22)36-29(39)19-42-23-6-2-1-3-7-23/h1-18,30-31H,19H2,(H,36,39)(H,37,44)(H,40,41)/t30-,31-/m1/s1. The fourth-order valence-electron chi connectivity index (χ4n) is 4.99. The van der Waals surface area contributed by atoms with Gasteiger partial charge in [-0.15, -0.1) is 0 Å². The molecule has 220 valence electrons. The number of halogens is 1. The molecule has 6 rings (SSSR count). The van der Waals surface area contributed by atoms with Crippen LogP contribution in [0.2, 0.25) is 5.02 Å². The van der Waals surface area contributed by atoms with Gasteiger partial charge >= 0.3 is 5.97 Å². The summed E-state index contributed by atoms with van der Waals surface area (Å²) < 4.78 is 11.9. The van der Waals surface area contributed by atoms with Crippen molar-refractivity contribution in [3.8, 4) is 17.1 Å². The van der Waals surface area contributed by atoms with Gasteiger partial charge in [-0.3, -0.25) is 9.78 Å². The average Bonchev–Trinajstić information content (AvgIpc) is 3.66. The number of pyridine rings is 1. The molecule has 9 nitrogen and oxygen atoms in total. The lowest BCUT2D eigenvalue weighted by atomic mass is 10.0. The number of furan rings is 1. The number of hydrogen-bond donors (Lipinski definition) is 3. The summed E-state index contributed by atoms with van der Waals surface area (Å²) in [7, 11) is 0. The normalized spacial score (nSPS) is 15.9. The van der Waals surface area contributed by atoms with Gasteiger partial charge in [0.2, 0.25) is 0 Å².